The van der Waals surface area contributed by atoms with Crippen LogP contribution in [0.5, 0.6) is 0 Å². The van der Waals surface area contributed by atoms with E-state index in [1.54, 1.807) is 6.07 Å². The van der Waals surface area contributed by atoms with Crippen molar-refractivity contribution in [1.82, 2.24) is 19.7 Å². The second-order valence-corrected chi connectivity index (χ2v) is 4.82. The van der Waals surface area contributed by atoms with Crippen molar-refractivity contribution in [3.63, 3.8) is 0 Å². The third-order valence-corrected chi connectivity index (χ3v) is 3.19. The van der Waals surface area contributed by atoms with Gasteiger partial charge in [0.15, 0.2) is 0 Å². The van der Waals surface area contributed by atoms with E-state index in [1.807, 2.05) is 6.07 Å². The molecule has 10 heteroatoms. The van der Waals surface area contributed by atoms with E-state index in [-0.39, 0.29) is 34.5 Å². The SMILES string of the molecule is N#Cc1cc(Nc2ccccc2F)nc(-n2ncc(C(=O)O)c2N)n1. The molecule has 0 atom stereocenters. The van der Waals surface area contributed by atoms with Crippen molar-refractivity contribution in [2.45, 2.75) is 0 Å². The summed E-state index contributed by atoms with van der Waals surface area (Å²) in [5.74, 6) is -1.96. The monoisotopic (exact) mass is 339 g/mol. The number of aromatic carboxylic acids is 1. The number of hydrogen-bond donors (Lipinski definition) is 3. The summed E-state index contributed by atoms with van der Waals surface area (Å²) in [6.45, 7) is 0. The molecule has 0 amide bonds. The first-order chi connectivity index (χ1) is 12.0. The number of para-hydroxylation sites is 1. The van der Waals surface area contributed by atoms with Gasteiger partial charge in [-0.2, -0.15) is 25.0 Å². The Labute approximate surface area is 140 Å². The van der Waals surface area contributed by atoms with E-state index in [2.05, 4.69) is 20.4 Å². The Morgan fingerprint density at radius 1 is 1.36 bits per heavy atom. The van der Waals surface area contributed by atoms with Gasteiger partial charge in [-0.15, -0.1) is 0 Å². The highest BCUT2D eigenvalue weighted by molar-refractivity contribution is 5.92. The van der Waals surface area contributed by atoms with Crippen LogP contribution < -0.4 is 11.1 Å². The molecule has 0 aliphatic rings. The van der Waals surface area contributed by atoms with E-state index >= 15 is 0 Å². The Morgan fingerprint density at radius 3 is 2.76 bits per heavy atom. The maximum Gasteiger partial charge on any atom is 0.341 e. The zero-order valence-electron chi connectivity index (χ0n) is 12.5. The van der Waals surface area contributed by atoms with Crippen LogP contribution in [0.2, 0.25) is 0 Å². The summed E-state index contributed by atoms with van der Waals surface area (Å²) in [6, 6.07) is 9.08. The molecule has 124 valence electrons. The number of nitrogens with two attached hydrogens (primary N) is 1. The van der Waals surface area contributed by atoms with Crippen molar-refractivity contribution in [3.05, 3.63) is 53.6 Å². The third-order valence-electron chi connectivity index (χ3n) is 3.19. The average molecular weight is 339 g/mol. The highest BCUT2D eigenvalue weighted by Gasteiger charge is 2.17. The minimum absolute atomic E-state index is 0.0318. The number of nitrogens with one attached hydrogen (secondary N) is 1. The molecule has 3 rings (SSSR count). The first-order valence-electron chi connectivity index (χ1n) is 6.87. The van der Waals surface area contributed by atoms with Crippen LogP contribution in [0, 0.1) is 17.1 Å². The number of aromatic nitrogens is 4. The molecule has 9 nitrogen and oxygen atoms in total. The number of rotatable bonds is 4. The number of nitrogen functional groups attached to an aromatic ring is 1. The lowest BCUT2D eigenvalue weighted by Crippen LogP contribution is -2.11. The van der Waals surface area contributed by atoms with Gasteiger partial charge in [0, 0.05) is 6.07 Å². The molecule has 0 aliphatic heterocycles. The second-order valence-electron chi connectivity index (χ2n) is 4.82. The van der Waals surface area contributed by atoms with E-state index in [1.165, 1.54) is 24.3 Å². The zero-order valence-corrected chi connectivity index (χ0v) is 12.5. The van der Waals surface area contributed by atoms with Gasteiger partial charge in [-0.25, -0.2) is 9.18 Å². The molecule has 3 aromatic rings. The normalized spacial score (nSPS) is 10.2. The summed E-state index contributed by atoms with van der Waals surface area (Å²) in [6.07, 6.45) is 1.05. The van der Waals surface area contributed by atoms with Gasteiger partial charge in [-0.1, -0.05) is 12.1 Å². The summed E-state index contributed by atoms with van der Waals surface area (Å²) < 4.78 is 14.7. The van der Waals surface area contributed by atoms with Gasteiger partial charge in [-0.05, 0) is 12.1 Å². The number of hydrogen-bond acceptors (Lipinski definition) is 7. The summed E-state index contributed by atoms with van der Waals surface area (Å²) >= 11 is 0. The first kappa shape index (κ1) is 15.9. The van der Waals surface area contributed by atoms with Gasteiger partial charge in [0.2, 0.25) is 0 Å². The first-order valence-corrected chi connectivity index (χ1v) is 6.87. The lowest BCUT2D eigenvalue weighted by atomic mass is 10.3. The fourth-order valence-electron chi connectivity index (χ4n) is 2.03. The Hall–Kier alpha value is -4.00. The van der Waals surface area contributed by atoms with E-state index in [0.29, 0.717) is 0 Å². The fraction of sp³-hybridized carbons (Fsp3) is 0. The molecule has 0 unspecified atom stereocenters. The van der Waals surface area contributed by atoms with Gasteiger partial charge >= 0.3 is 5.97 Å². The number of carboxylic acids is 1. The minimum atomic E-state index is -1.26. The van der Waals surface area contributed by atoms with Crippen LogP contribution in [0.15, 0.2) is 36.5 Å². The van der Waals surface area contributed by atoms with Gasteiger partial charge in [0.25, 0.3) is 5.95 Å². The number of carboxylic acid groups (broad SMARTS) is 1. The second kappa shape index (κ2) is 6.25. The summed E-state index contributed by atoms with van der Waals surface area (Å²) in [4.78, 5) is 19.1. The van der Waals surface area contributed by atoms with Crippen molar-refractivity contribution in [2.75, 3.05) is 11.1 Å². The lowest BCUT2D eigenvalue weighted by Gasteiger charge is -2.09. The van der Waals surface area contributed by atoms with Crippen molar-refractivity contribution in [2.24, 2.45) is 0 Å². The summed E-state index contributed by atoms with van der Waals surface area (Å²) in [5, 5.41) is 24.7. The van der Waals surface area contributed by atoms with Crippen LogP contribution >= 0.6 is 0 Å². The molecule has 0 radical (unpaired) electrons. The molecule has 2 heterocycles. The van der Waals surface area contributed by atoms with Crippen LogP contribution in [-0.2, 0) is 0 Å². The van der Waals surface area contributed by atoms with Crippen molar-refractivity contribution in [3.8, 4) is 12.0 Å². The predicted octanol–water partition coefficient (Wildman–Crippen LogP) is 1.70. The Bertz CT molecular complexity index is 1010. The van der Waals surface area contributed by atoms with Crippen molar-refractivity contribution >= 4 is 23.3 Å². The summed E-state index contributed by atoms with van der Waals surface area (Å²) in [7, 11) is 0. The van der Waals surface area contributed by atoms with Gasteiger partial charge in [-0.3, -0.25) is 0 Å². The quantitative estimate of drug-likeness (QED) is 0.651. The molecule has 25 heavy (non-hydrogen) atoms. The Kier molecular flexibility index (Phi) is 3.97. The highest BCUT2D eigenvalue weighted by Crippen LogP contribution is 2.21. The third kappa shape index (κ3) is 3.06. The van der Waals surface area contributed by atoms with Gasteiger partial charge in [0.05, 0.1) is 11.9 Å². The molecule has 0 saturated carbocycles. The van der Waals surface area contributed by atoms with E-state index in [9.17, 15) is 9.18 Å². The summed E-state index contributed by atoms with van der Waals surface area (Å²) in [5.41, 5.74) is 5.62. The van der Waals surface area contributed by atoms with E-state index < -0.39 is 11.8 Å². The van der Waals surface area contributed by atoms with E-state index in [4.69, 9.17) is 16.1 Å². The van der Waals surface area contributed by atoms with Crippen LogP contribution in [0.25, 0.3) is 5.95 Å². The highest BCUT2D eigenvalue weighted by atomic mass is 19.1. The fourth-order valence-corrected chi connectivity index (χ4v) is 2.03. The number of carbonyl (C=O) groups is 1. The van der Waals surface area contributed by atoms with Crippen molar-refractivity contribution in [1.29, 1.82) is 5.26 Å². The largest absolute Gasteiger partial charge is 0.477 e. The Morgan fingerprint density at radius 2 is 2.12 bits per heavy atom. The number of halogens is 1. The molecule has 0 fully saturated rings. The zero-order chi connectivity index (χ0) is 18.0. The van der Waals surface area contributed by atoms with Crippen LogP contribution in [0.4, 0.5) is 21.7 Å². The van der Waals surface area contributed by atoms with E-state index in [0.717, 1.165) is 10.9 Å². The minimum Gasteiger partial charge on any atom is -0.477 e. The maximum atomic E-state index is 13.8. The molecular weight excluding hydrogens is 329 g/mol. The molecule has 0 bridgehead atoms. The molecule has 0 aliphatic carbocycles. The lowest BCUT2D eigenvalue weighted by molar-refractivity contribution is 0.0698. The number of nitriles is 1. The van der Waals surface area contributed by atoms with Gasteiger partial charge in [0.1, 0.15) is 34.8 Å². The number of nitrogens with zero attached hydrogens (tertiary/aromatic N) is 5. The maximum absolute atomic E-state index is 13.8. The van der Waals surface area contributed by atoms with Gasteiger partial charge < -0.3 is 16.2 Å². The average Bonchev–Trinajstić information content (AvgIpc) is 2.98. The number of benzene rings is 1. The topological polar surface area (TPSA) is 143 Å². The molecular formula is C15H10FN7O2. The van der Waals surface area contributed by atoms with Crippen molar-refractivity contribution < 1.29 is 14.3 Å². The van der Waals surface area contributed by atoms with Crippen LogP contribution in [-0.4, -0.2) is 30.8 Å². The van der Waals surface area contributed by atoms with Crippen LogP contribution in [0.1, 0.15) is 16.1 Å². The molecule has 1 aromatic carbocycles. The molecule has 2 aromatic heterocycles. The number of anilines is 3. The molecule has 0 spiro atoms. The van der Waals surface area contributed by atoms with Crippen LogP contribution in [0.3, 0.4) is 0 Å². The molecule has 0 saturated heterocycles. The predicted molar refractivity (Wildman–Crippen MR) is 84.9 cm³/mol. The molecule has 4 N–H and O–H groups in total. The smallest absolute Gasteiger partial charge is 0.341 e. The standard InChI is InChI=1S/C15H10FN7O2/c16-10-3-1-2-4-11(10)21-12-5-8(6-17)20-15(22-12)23-13(18)9(7-19-23)14(24)25/h1-5,7H,18H2,(H,24,25)(H,20,21,22). The Balaban J connectivity index is 2.06.